The molecule has 1 aliphatic rings. The van der Waals surface area contributed by atoms with Crippen molar-refractivity contribution in [3.8, 4) is 5.75 Å². The summed E-state index contributed by atoms with van der Waals surface area (Å²) in [4.78, 5) is 23.8. The number of hydrogen-bond donors (Lipinski definition) is 1. The van der Waals surface area contributed by atoms with Gasteiger partial charge in [-0.3, -0.25) is 4.79 Å². The molecule has 0 atom stereocenters. The highest BCUT2D eigenvalue weighted by molar-refractivity contribution is 5.93. The first kappa shape index (κ1) is 17.2. The summed E-state index contributed by atoms with van der Waals surface area (Å²) in [6.45, 7) is 5.82. The molecule has 6 heteroatoms. The zero-order valence-corrected chi connectivity index (χ0v) is 15.0. The van der Waals surface area contributed by atoms with Crippen molar-refractivity contribution in [2.24, 2.45) is 0 Å². The van der Waals surface area contributed by atoms with Crippen LogP contribution in [0.3, 0.4) is 0 Å². The molecule has 0 saturated carbocycles. The number of ether oxygens (including phenoxy) is 1. The first-order chi connectivity index (χ1) is 12.1. The Labute approximate surface area is 148 Å². The molecule has 1 aromatic heterocycles. The lowest BCUT2D eigenvalue weighted by Gasteiger charge is -2.18. The predicted octanol–water partition coefficient (Wildman–Crippen LogP) is 2.88. The van der Waals surface area contributed by atoms with E-state index in [-0.39, 0.29) is 12.3 Å². The van der Waals surface area contributed by atoms with Gasteiger partial charge < -0.3 is 15.0 Å². The highest BCUT2D eigenvalue weighted by Gasteiger charge is 2.18. The maximum absolute atomic E-state index is 12.5. The van der Waals surface area contributed by atoms with Crippen LogP contribution in [0.4, 0.5) is 11.6 Å². The second kappa shape index (κ2) is 7.51. The van der Waals surface area contributed by atoms with E-state index in [4.69, 9.17) is 4.74 Å². The molecule has 1 saturated heterocycles. The van der Waals surface area contributed by atoms with Gasteiger partial charge in [-0.05, 0) is 32.8 Å². The Kier molecular flexibility index (Phi) is 5.16. The maximum Gasteiger partial charge on any atom is 0.229 e. The lowest BCUT2D eigenvalue weighted by molar-refractivity contribution is -0.115. The molecule has 0 aliphatic carbocycles. The van der Waals surface area contributed by atoms with Crippen molar-refractivity contribution in [1.29, 1.82) is 0 Å². The monoisotopic (exact) mass is 340 g/mol. The van der Waals surface area contributed by atoms with Crippen LogP contribution in [0.15, 0.2) is 24.3 Å². The first-order valence-electron chi connectivity index (χ1n) is 8.60. The minimum atomic E-state index is -0.103. The average molecular weight is 340 g/mol. The van der Waals surface area contributed by atoms with E-state index in [1.54, 1.807) is 7.11 Å². The molecule has 2 aromatic rings. The number of rotatable bonds is 5. The summed E-state index contributed by atoms with van der Waals surface area (Å²) >= 11 is 0. The van der Waals surface area contributed by atoms with E-state index in [2.05, 4.69) is 20.2 Å². The van der Waals surface area contributed by atoms with Crippen molar-refractivity contribution < 1.29 is 9.53 Å². The Balaban J connectivity index is 1.74. The van der Waals surface area contributed by atoms with E-state index in [9.17, 15) is 4.79 Å². The number of methoxy groups -OCH3 is 1. The largest absolute Gasteiger partial charge is 0.496 e. The summed E-state index contributed by atoms with van der Waals surface area (Å²) in [5, 5.41) is 2.96. The van der Waals surface area contributed by atoms with Gasteiger partial charge in [0, 0.05) is 18.7 Å². The summed E-state index contributed by atoms with van der Waals surface area (Å²) < 4.78 is 5.31. The number of aryl methyl sites for hydroxylation is 2. The third kappa shape index (κ3) is 3.90. The Bertz CT molecular complexity index is 747. The molecule has 0 spiro atoms. The molecule has 1 N–H and O–H groups in total. The van der Waals surface area contributed by atoms with E-state index in [0.29, 0.717) is 11.4 Å². The molecule has 2 heterocycles. The quantitative estimate of drug-likeness (QED) is 0.906. The highest BCUT2D eigenvalue weighted by atomic mass is 16.5. The van der Waals surface area contributed by atoms with Crippen molar-refractivity contribution in [2.75, 3.05) is 30.4 Å². The Morgan fingerprint density at radius 2 is 1.80 bits per heavy atom. The molecule has 1 aromatic carbocycles. The minimum absolute atomic E-state index is 0.103. The fraction of sp³-hybridized carbons (Fsp3) is 0.421. The van der Waals surface area contributed by atoms with E-state index in [1.165, 1.54) is 12.8 Å². The van der Waals surface area contributed by atoms with Crippen LogP contribution in [0.1, 0.15) is 29.8 Å². The number of para-hydroxylation sites is 1. The standard InChI is InChI=1S/C19H24N4O2/c1-13-18(14(2)21-19(20-13)23-10-6-7-11-23)22-17(24)12-15-8-4-5-9-16(15)25-3/h4-5,8-9H,6-7,10-12H2,1-3H3,(H,22,24). The van der Waals surface area contributed by atoms with Gasteiger partial charge in [-0.25, -0.2) is 9.97 Å². The van der Waals surface area contributed by atoms with Crippen LogP contribution < -0.4 is 15.0 Å². The van der Waals surface area contributed by atoms with Gasteiger partial charge in [0.1, 0.15) is 5.75 Å². The summed E-state index contributed by atoms with van der Waals surface area (Å²) in [7, 11) is 1.61. The number of benzene rings is 1. The van der Waals surface area contributed by atoms with Gasteiger partial charge in [-0.2, -0.15) is 0 Å². The van der Waals surface area contributed by atoms with Crippen LogP contribution in [-0.2, 0) is 11.2 Å². The first-order valence-corrected chi connectivity index (χ1v) is 8.60. The molecule has 132 valence electrons. The summed E-state index contributed by atoms with van der Waals surface area (Å²) in [5.41, 5.74) is 3.14. The van der Waals surface area contributed by atoms with Crippen LogP contribution in [0.2, 0.25) is 0 Å². The van der Waals surface area contributed by atoms with E-state index < -0.39 is 0 Å². The van der Waals surface area contributed by atoms with Crippen LogP contribution >= 0.6 is 0 Å². The molecular weight excluding hydrogens is 316 g/mol. The van der Waals surface area contributed by atoms with Gasteiger partial charge in [0.15, 0.2) is 0 Å². The fourth-order valence-corrected chi connectivity index (χ4v) is 3.14. The second-order valence-corrected chi connectivity index (χ2v) is 6.30. The highest BCUT2D eigenvalue weighted by Crippen LogP contribution is 2.24. The third-order valence-corrected chi connectivity index (χ3v) is 4.46. The predicted molar refractivity (Wildman–Crippen MR) is 98.3 cm³/mol. The van der Waals surface area contributed by atoms with Crippen molar-refractivity contribution >= 4 is 17.5 Å². The van der Waals surface area contributed by atoms with Gasteiger partial charge in [0.25, 0.3) is 0 Å². The molecule has 3 rings (SSSR count). The van der Waals surface area contributed by atoms with Crippen LogP contribution in [0, 0.1) is 13.8 Å². The number of nitrogens with zero attached hydrogens (tertiary/aromatic N) is 3. The summed E-state index contributed by atoms with van der Waals surface area (Å²) in [6.07, 6.45) is 2.61. The third-order valence-electron chi connectivity index (χ3n) is 4.46. The van der Waals surface area contributed by atoms with Crippen molar-refractivity contribution in [3.05, 3.63) is 41.2 Å². The SMILES string of the molecule is COc1ccccc1CC(=O)Nc1c(C)nc(N2CCCC2)nc1C. The lowest BCUT2D eigenvalue weighted by Crippen LogP contribution is -2.23. The number of hydrogen-bond acceptors (Lipinski definition) is 5. The normalized spacial score (nSPS) is 13.8. The van der Waals surface area contributed by atoms with E-state index in [1.807, 2.05) is 38.1 Å². The molecule has 0 radical (unpaired) electrons. The maximum atomic E-state index is 12.5. The smallest absolute Gasteiger partial charge is 0.229 e. The Hall–Kier alpha value is -2.63. The Morgan fingerprint density at radius 1 is 1.16 bits per heavy atom. The number of amides is 1. The zero-order chi connectivity index (χ0) is 17.8. The van der Waals surface area contributed by atoms with Gasteiger partial charge in [0.05, 0.1) is 30.6 Å². The van der Waals surface area contributed by atoms with Crippen molar-refractivity contribution in [2.45, 2.75) is 33.1 Å². The number of anilines is 2. The average Bonchev–Trinajstić information content (AvgIpc) is 3.13. The second-order valence-electron chi connectivity index (χ2n) is 6.30. The number of nitrogens with one attached hydrogen (secondary N) is 1. The molecule has 0 bridgehead atoms. The molecule has 25 heavy (non-hydrogen) atoms. The zero-order valence-electron chi connectivity index (χ0n) is 15.0. The minimum Gasteiger partial charge on any atom is -0.496 e. The van der Waals surface area contributed by atoms with Crippen molar-refractivity contribution in [1.82, 2.24) is 9.97 Å². The van der Waals surface area contributed by atoms with E-state index in [0.717, 1.165) is 36.0 Å². The van der Waals surface area contributed by atoms with Gasteiger partial charge in [-0.15, -0.1) is 0 Å². The van der Waals surface area contributed by atoms with Crippen LogP contribution in [0.5, 0.6) is 5.75 Å². The van der Waals surface area contributed by atoms with E-state index >= 15 is 0 Å². The van der Waals surface area contributed by atoms with Crippen LogP contribution in [-0.4, -0.2) is 36.1 Å². The van der Waals surface area contributed by atoms with Gasteiger partial charge in [0.2, 0.25) is 11.9 Å². The fourth-order valence-electron chi connectivity index (χ4n) is 3.14. The summed E-state index contributed by atoms with van der Waals surface area (Å²) in [5.74, 6) is 1.37. The van der Waals surface area contributed by atoms with Crippen LogP contribution in [0.25, 0.3) is 0 Å². The summed E-state index contributed by atoms with van der Waals surface area (Å²) in [6, 6.07) is 7.53. The number of carbonyl (C=O) groups is 1. The number of aromatic nitrogens is 2. The lowest BCUT2D eigenvalue weighted by atomic mass is 10.1. The Morgan fingerprint density at radius 3 is 2.44 bits per heavy atom. The molecule has 1 aliphatic heterocycles. The molecule has 0 unspecified atom stereocenters. The van der Waals surface area contributed by atoms with Crippen molar-refractivity contribution in [3.63, 3.8) is 0 Å². The van der Waals surface area contributed by atoms with Gasteiger partial charge >= 0.3 is 0 Å². The van der Waals surface area contributed by atoms with Gasteiger partial charge in [-0.1, -0.05) is 18.2 Å². The number of carbonyl (C=O) groups excluding carboxylic acids is 1. The molecule has 1 amide bonds. The topological polar surface area (TPSA) is 67.3 Å². The molecule has 1 fully saturated rings. The molecule has 6 nitrogen and oxygen atoms in total. The molecular formula is C19H24N4O2.